The molecule has 0 bridgehead atoms. The van der Waals surface area contributed by atoms with Crippen LogP contribution < -0.4 is 10.5 Å². The molecule has 2 amide bonds. The monoisotopic (exact) mass is 408 g/mol. The minimum Gasteiger partial charge on any atom is -0.478 e. The second kappa shape index (κ2) is 7.50. The number of aliphatic hydroxyl groups is 1. The van der Waals surface area contributed by atoms with Gasteiger partial charge in [0.1, 0.15) is 22.9 Å². The first-order valence-electron chi connectivity index (χ1n) is 9.90. The van der Waals surface area contributed by atoms with Crippen LogP contribution in [0.15, 0.2) is 24.4 Å². The number of carbonyl (C=O) groups is 2. The molecule has 3 N–H and O–H groups in total. The number of likely N-dealkylation sites (N-methyl/N-ethyl adjacent to an activating group) is 1. The molecule has 1 aromatic heterocycles. The molecule has 4 rings (SSSR count). The third-order valence-electron chi connectivity index (χ3n) is 5.47. The molecule has 1 saturated carbocycles. The zero-order valence-electron chi connectivity index (χ0n) is 17.0. The summed E-state index contributed by atoms with van der Waals surface area (Å²) >= 11 is 0. The van der Waals surface area contributed by atoms with E-state index in [0.717, 1.165) is 12.8 Å². The number of primary amides is 1. The highest BCUT2D eigenvalue weighted by molar-refractivity contribution is 5.91. The lowest BCUT2D eigenvalue weighted by atomic mass is 10.0. The van der Waals surface area contributed by atoms with Gasteiger partial charge in [0.05, 0.1) is 12.1 Å². The summed E-state index contributed by atoms with van der Waals surface area (Å²) in [5.74, 6) is 6.15. The van der Waals surface area contributed by atoms with Crippen molar-refractivity contribution in [1.29, 1.82) is 0 Å². The fraction of sp³-hybridized carbons (Fsp3) is 0.409. The average molecular weight is 408 g/mol. The average Bonchev–Trinajstić information content (AvgIpc) is 3.30. The molecule has 1 atom stereocenters. The first kappa shape index (κ1) is 20.0. The molecular weight excluding hydrogens is 384 g/mol. The number of ether oxygens (including phenoxy) is 1. The van der Waals surface area contributed by atoms with Crippen molar-refractivity contribution < 1.29 is 19.4 Å². The number of rotatable bonds is 2. The van der Waals surface area contributed by atoms with Crippen molar-refractivity contribution in [1.82, 2.24) is 14.5 Å². The minimum atomic E-state index is -0.940. The number of amides is 2. The van der Waals surface area contributed by atoms with E-state index in [1.54, 1.807) is 36.9 Å². The minimum absolute atomic E-state index is 0.116. The van der Waals surface area contributed by atoms with E-state index < -0.39 is 17.6 Å². The molecule has 2 aliphatic rings. The van der Waals surface area contributed by atoms with Gasteiger partial charge in [0, 0.05) is 25.9 Å². The number of hydrogen-bond acceptors (Lipinski definition) is 5. The van der Waals surface area contributed by atoms with Gasteiger partial charge in [-0.1, -0.05) is 11.8 Å². The number of nitrogens with zero attached hydrogens (tertiary/aromatic N) is 3. The third kappa shape index (κ3) is 3.76. The second-order valence-electron chi connectivity index (χ2n) is 8.01. The normalized spacial score (nSPS) is 18.8. The standard InChI is InChI=1S/C22H24N4O4/c1-25(2)21(28)18-13-26-12-16(19(23)27)24-20(26)15-11-14(5-6-17(15)30-18)7-10-22(29)8-3-4-9-22/h5-6,11-12,18,29H,3-4,8-9,13H2,1-2H3,(H2,23,27)/t18-/m0/s1. The molecule has 2 heterocycles. The maximum Gasteiger partial charge on any atom is 0.268 e. The third-order valence-corrected chi connectivity index (χ3v) is 5.47. The quantitative estimate of drug-likeness (QED) is 0.725. The number of carbonyl (C=O) groups excluding carboxylic acids is 2. The van der Waals surface area contributed by atoms with E-state index in [4.69, 9.17) is 10.5 Å². The van der Waals surface area contributed by atoms with E-state index in [1.807, 2.05) is 0 Å². The van der Waals surface area contributed by atoms with Crippen LogP contribution in [-0.4, -0.2) is 57.2 Å². The lowest BCUT2D eigenvalue weighted by Crippen LogP contribution is -2.39. The van der Waals surface area contributed by atoms with Gasteiger partial charge >= 0.3 is 0 Å². The Hall–Kier alpha value is -3.31. The van der Waals surface area contributed by atoms with Crippen molar-refractivity contribution in [3.63, 3.8) is 0 Å². The smallest absolute Gasteiger partial charge is 0.268 e. The summed E-state index contributed by atoms with van der Waals surface area (Å²) in [5, 5.41) is 10.5. The highest BCUT2D eigenvalue weighted by atomic mass is 16.5. The number of fused-ring (bicyclic) bond motifs is 3. The Kier molecular flexibility index (Phi) is 5.00. The van der Waals surface area contributed by atoms with Crippen LogP contribution in [0.2, 0.25) is 0 Å². The summed E-state index contributed by atoms with van der Waals surface area (Å²) in [5.41, 5.74) is 5.89. The summed E-state index contributed by atoms with van der Waals surface area (Å²) in [7, 11) is 3.32. The maximum absolute atomic E-state index is 12.6. The fourth-order valence-corrected chi connectivity index (χ4v) is 3.83. The summed E-state index contributed by atoms with van der Waals surface area (Å²) in [4.78, 5) is 30.1. The van der Waals surface area contributed by atoms with Crippen molar-refractivity contribution in [3.8, 4) is 29.0 Å². The first-order valence-corrected chi connectivity index (χ1v) is 9.90. The van der Waals surface area contributed by atoms with Gasteiger partial charge in [-0.25, -0.2) is 4.98 Å². The Morgan fingerprint density at radius 1 is 1.33 bits per heavy atom. The van der Waals surface area contributed by atoms with Gasteiger partial charge < -0.3 is 25.0 Å². The van der Waals surface area contributed by atoms with E-state index in [2.05, 4.69) is 16.8 Å². The molecule has 156 valence electrons. The van der Waals surface area contributed by atoms with Crippen LogP contribution in [-0.2, 0) is 11.3 Å². The molecule has 0 radical (unpaired) electrons. The van der Waals surface area contributed by atoms with Crippen LogP contribution in [0, 0.1) is 11.8 Å². The Morgan fingerprint density at radius 3 is 2.73 bits per heavy atom. The van der Waals surface area contributed by atoms with Gasteiger partial charge in [0.25, 0.3) is 11.8 Å². The Balaban J connectivity index is 1.78. The summed E-state index contributed by atoms with van der Waals surface area (Å²) in [6.07, 6.45) is 4.05. The molecule has 1 aromatic carbocycles. The van der Waals surface area contributed by atoms with E-state index >= 15 is 0 Å². The SMILES string of the molecule is CN(C)C(=O)[C@@H]1Cn2cc(C(N)=O)nc2-c2cc(C#CC3(O)CCCC3)ccc2O1. The molecule has 1 aliphatic heterocycles. The molecular formula is C22H24N4O4. The van der Waals surface area contributed by atoms with Crippen molar-refractivity contribution in [2.75, 3.05) is 14.1 Å². The van der Waals surface area contributed by atoms with Gasteiger partial charge in [0.15, 0.2) is 6.10 Å². The van der Waals surface area contributed by atoms with Crippen molar-refractivity contribution in [2.24, 2.45) is 5.73 Å². The first-order chi connectivity index (χ1) is 14.3. The van der Waals surface area contributed by atoms with Crippen LogP contribution in [0.4, 0.5) is 0 Å². The van der Waals surface area contributed by atoms with Gasteiger partial charge in [-0.2, -0.15) is 0 Å². The Morgan fingerprint density at radius 2 is 2.07 bits per heavy atom. The lowest BCUT2D eigenvalue weighted by molar-refractivity contribution is -0.136. The van der Waals surface area contributed by atoms with Crippen LogP contribution in [0.5, 0.6) is 5.75 Å². The predicted molar refractivity (Wildman–Crippen MR) is 110 cm³/mol. The maximum atomic E-state index is 12.6. The molecule has 2 aromatic rings. The number of nitrogens with two attached hydrogens (primary N) is 1. The van der Waals surface area contributed by atoms with Crippen molar-refractivity contribution in [2.45, 2.75) is 43.9 Å². The van der Waals surface area contributed by atoms with Gasteiger partial charge in [0.2, 0.25) is 0 Å². The highest BCUT2D eigenvalue weighted by Gasteiger charge is 2.31. The van der Waals surface area contributed by atoms with Gasteiger partial charge in [-0.3, -0.25) is 9.59 Å². The van der Waals surface area contributed by atoms with Gasteiger partial charge in [-0.05, 0) is 43.9 Å². The molecule has 1 fully saturated rings. The largest absolute Gasteiger partial charge is 0.478 e. The molecule has 8 nitrogen and oxygen atoms in total. The Bertz CT molecular complexity index is 1070. The van der Waals surface area contributed by atoms with E-state index in [9.17, 15) is 14.7 Å². The number of hydrogen-bond donors (Lipinski definition) is 2. The van der Waals surface area contributed by atoms with Crippen molar-refractivity contribution in [3.05, 3.63) is 35.7 Å². The zero-order chi connectivity index (χ0) is 21.5. The number of imidazole rings is 1. The predicted octanol–water partition coefficient (Wildman–Crippen LogP) is 1.15. The second-order valence-corrected chi connectivity index (χ2v) is 8.01. The number of aromatic nitrogens is 2. The Labute approximate surface area is 174 Å². The van der Waals surface area contributed by atoms with E-state index in [-0.39, 0.29) is 18.1 Å². The molecule has 30 heavy (non-hydrogen) atoms. The van der Waals surface area contributed by atoms with Crippen LogP contribution in [0.25, 0.3) is 11.4 Å². The highest BCUT2D eigenvalue weighted by Crippen LogP contribution is 2.35. The van der Waals surface area contributed by atoms with E-state index in [0.29, 0.717) is 35.5 Å². The lowest BCUT2D eigenvalue weighted by Gasteiger charge is -2.20. The van der Waals surface area contributed by atoms with E-state index in [1.165, 1.54) is 11.1 Å². The topological polar surface area (TPSA) is 111 Å². The van der Waals surface area contributed by atoms with Gasteiger partial charge in [-0.15, -0.1) is 0 Å². The summed E-state index contributed by atoms with van der Waals surface area (Å²) in [6.45, 7) is 0.196. The zero-order valence-corrected chi connectivity index (χ0v) is 17.0. The molecule has 0 spiro atoms. The van der Waals surface area contributed by atoms with Crippen LogP contribution >= 0.6 is 0 Å². The number of benzene rings is 1. The molecule has 1 aliphatic carbocycles. The molecule has 0 saturated heterocycles. The summed E-state index contributed by atoms with van der Waals surface area (Å²) < 4.78 is 7.72. The van der Waals surface area contributed by atoms with Crippen molar-refractivity contribution >= 4 is 11.8 Å². The molecule has 0 unspecified atom stereocenters. The fourth-order valence-electron chi connectivity index (χ4n) is 3.83. The summed E-state index contributed by atoms with van der Waals surface area (Å²) in [6, 6.07) is 5.32. The van der Waals surface area contributed by atoms with Crippen LogP contribution in [0.1, 0.15) is 41.7 Å². The van der Waals surface area contributed by atoms with Crippen LogP contribution in [0.3, 0.4) is 0 Å². The molecule has 8 heteroatoms.